The quantitative estimate of drug-likeness (QED) is 0.297. The molecule has 1 amide bonds. The predicted molar refractivity (Wildman–Crippen MR) is 129 cm³/mol. The van der Waals surface area contributed by atoms with Gasteiger partial charge in [-0.15, -0.1) is 0 Å². The van der Waals surface area contributed by atoms with Gasteiger partial charge in [-0.3, -0.25) is 10.6 Å². The van der Waals surface area contributed by atoms with Crippen LogP contribution in [0.25, 0.3) is 10.9 Å². The molecule has 0 spiro atoms. The van der Waals surface area contributed by atoms with Gasteiger partial charge in [0.25, 0.3) is 0 Å². The van der Waals surface area contributed by atoms with Crippen LogP contribution < -0.4 is 20.9 Å². The molecular formula is C25H23ClN4O3. The van der Waals surface area contributed by atoms with Crippen molar-refractivity contribution in [1.82, 2.24) is 9.88 Å². The van der Waals surface area contributed by atoms with E-state index in [9.17, 15) is 4.79 Å². The summed E-state index contributed by atoms with van der Waals surface area (Å²) in [4.78, 5) is 18.5. The second-order valence-electron chi connectivity index (χ2n) is 7.87. The normalized spacial score (nSPS) is 15.3. The summed E-state index contributed by atoms with van der Waals surface area (Å²) in [5.74, 6) is 1.10. The lowest BCUT2D eigenvalue weighted by Crippen LogP contribution is -2.42. The average Bonchev–Trinajstić information content (AvgIpc) is 3.18. The Morgan fingerprint density at radius 2 is 1.79 bits per heavy atom. The van der Waals surface area contributed by atoms with Crippen molar-refractivity contribution in [2.24, 2.45) is 5.73 Å². The Kier molecular flexibility index (Phi) is 5.58. The number of halogens is 1. The number of carbonyl (C=O) groups excluding carboxylic acids is 1. The molecule has 7 nitrogen and oxygen atoms in total. The van der Waals surface area contributed by atoms with Gasteiger partial charge in [-0.25, -0.2) is 4.79 Å². The Labute approximate surface area is 195 Å². The van der Waals surface area contributed by atoms with E-state index >= 15 is 0 Å². The number of anilines is 1. The number of nitrogens with zero attached hydrogens (tertiary/aromatic N) is 1. The summed E-state index contributed by atoms with van der Waals surface area (Å²) in [5.41, 5.74) is 15.8. The molecule has 5 N–H and O–H groups in total. The number of carbonyl (C=O) groups is 1. The molecule has 1 unspecified atom stereocenters. The van der Waals surface area contributed by atoms with Crippen LogP contribution in [0.4, 0.5) is 10.5 Å². The number of aromatic amines is 1. The molecule has 33 heavy (non-hydrogen) atoms. The smallest absolute Gasteiger partial charge is 0.416 e. The highest BCUT2D eigenvalue weighted by Gasteiger charge is 2.35. The van der Waals surface area contributed by atoms with E-state index in [1.807, 2.05) is 42.5 Å². The molecule has 1 aromatic heterocycles. The van der Waals surface area contributed by atoms with E-state index in [1.165, 1.54) is 0 Å². The van der Waals surface area contributed by atoms with Gasteiger partial charge in [0, 0.05) is 33.9 Å². The minimum absolute atomic E-state index is 0.0930. The lowest BCUT2D eigenvalue weighted by molar-refractivity contribution is 0.135. The molecular weight excluding hydrogens is 440 g/mol. The summed E-state index contributed by atoms with van der Waals surface area (Å²) in [6, 6.07) is 19.7. The third-order valence-corrected chi connectivity index (χ3v) is 6.09. The molecule has 0 radical (unpaired) electrons. The molecule has 3 aromatic carbocycles. The molecule has 4 aromatic rings. The predicted octanol–water partition coefficient (Wildman–Crippen LogP) is 4.85. The number of benzene rings is 3. The summed E-state index contributed by atoms with van der Waals surface area (Å²) in [6.07, 6.45) is 0.242. The number of nitrogens with two attached hydrogens (primary N) is 2. The zero-order valence-corrected chi connectivity index (χ0v) is 18.5. The Balaban J connectivity index is 1.56. The van der Waals surface area contributed by atoms with Crippen molar-refractivity contribution in [1.29, 1.82) is 0 Å². The van der Waals surface area contributed by atoms with E-state index in [0.717, 1.165) is 27.7 Å². The second kappa shape index (κ2) is 8.69. The highest BCUT2D eigenvalue weighted by molar-refractivity contribution is 6.31. The fourth-order valence-electron chi connectivity index (χ4n) is 4.34. The van der Waals surface area contributed by atoms with Gasteiger partial charge >= 0.3 is 6.09 Å². The molecule has 0 saturated carbocycles. The third-order valence-electron chi connectivity index (χ3n) is 5.85. The van der Waals surface area contributed by atoms with Gasteiger partial charge in [-0.2, -0.15) is 0 Å². The van der Waals surface area contributed by atoms with Crippen LogP contribution >= 0.6 is 11.6 Å². The zero-order chi connectivity index (χ0) is 22.9. The highest BCUT2D eigenvalue weighted by Crippen LogP contribution is 2.40. The maximum absolute atomic E-state index is 13.3. The van der Waals surface area contributed by atoms with Crippen LogP contribution in [-0.4, -0.2) is 29.3 Å². The number of hydrogen-bond donors (Lipinski definition) is 3. The minimum atomic E-state index is -0.436. The molecule has 8 heteroatoms. The number of nitrogens with one attached hydrogen (secondary N) is 1. The van der Waals surface area contributed by atoms with Crippen molar-refractivity contribution in [3.63, 3.8) is 0 Å². The molecule has 168 valence electrons. The summed E-state index contributed by atoms with van der Waals surface area (Å²) in [7, 11) is 0. The van der Waals surface area contributed by atoms with Gasteiger partial charge in [-0.05, 0) is 72.1 Å². The van der Waals surface area contributed by atoms with Crippen LogP contribution in [0.1, 0.15) is 22.9 Å². The van der Waals surface area contributed by atoms with Crippen molar-refractivity contribution in [2.45, 2.75) is 12.5 Å². The van der Waals surface area contributed by atoms with E-state index in [4.69, 9.17) is 32.5 Å². The Hall–Kier alpha value is -3.68. The lowest BCUT2D eigenvalue weighted by atomic mass is 9.92. The first-order valence-corrected chi connectivity index (χ1v) is 11.0. The van der Waals surface area contributed by atoms with Crippen LogP contribution in [0, 0.1) is 0 Å². The number of fused-ring (bicyclic) bond motifs is 3. The van der Waals surface area contributed by atoms with Gasteiger partial charge in [0.2, 0.25) is 0 Å². The first-order chi connectivity index (χ1) is 16.0. The first kappa shape index (κ1) is 21.2. The molecule has 0 fully saturated rings. The monoisotopic (exact) mass is 462 g/mol. The molecule has 0 aliphatic carbocycles. The van der Waals surface area contributed by atoms with E-state index in [1.54, 1.807) is 29.2 Å². The largest absolute Gasteiger partial charge is 0.479 e. The summed E-state index contributed by atoms with van der Waals surface area (Å²) in [6.45, 7) is 0.585. The highest BCUT2D eigenvalue weighted by atomic mass is 35.5. The van der Waals surface area contributed by atoms with Crippen LogP contribution in [0.2, 0.25) is 5.02 Å². The Bertz CT molecular complexity index is 1300. The summed E-state index contributed by atoms with van der Waals surface area (Å²) in [5, 5.41) is 1.74. The number of nitrogen functional groups attached to an aromatic ring is 1. The molecule has 1 aliphatic rings. The molecule has 1 atom stereocenters. The molecule has 0 bridgehead atoms. The number of rotatable bonds is 4. The van der Waals surface area contributed by atoms with Crippen molar-refractivity contribution >= 4 is 34.3 Å². The van der Waals surface area contributed by atoms with Crippen molar-refractivity contribution in [3.05, 3.63) is 88.6 Å². The van der Waals surface area contributed by atoms with Gasteiger partial charge in [0.1, 0.15) is 24.3 Å². The maximum atomic E-state index is 13.3. The number of amides is 1. The van der Waals surface area contributed by atoms with E-state index < -0.39 is 6.09 Å². The van der Waals surface area contributed by atoms with E-state index in [0.29, 0.717) is 35.2 Å². The number of hydrogen-bond acceptors (Lipinski definition) is 5. The molecule has 2 heterocycles. The third kappa shape index (κ3) is 4.08. The Morgan fingerprint density at radius 3 is 2.52 bits per heavy atom. The minimum Gasteiger partial charge on any atom is -0.479 e. The zero-order valence-electron chi connectivity index (χ0n) is 17.8. The van der Waals surface area contributed by atoms with Crippen LogP contribution in [0.3, 0.4) is 0 Å². The van der Waals surface area contributed by atoms with Crippen LogP contribution in [-0.2, 0) is 6.42 Å². The van der Waals surface area contributed by atoms with E-state index in [2.05, 4.69) is 4.98 Å². The van der Waals surface area contributed by atoms with Gasteiger partial charge in [-0.1, -0.05) is 23.7 Å². The van der Waals surface area contributed by atoms with Gasteiger partial charge in [0.05, 0.1) is 0 Å². The van der Waals surface area contributed by atoms with E-state index in [-0.39, 0.29) is 12.8 Å². The average molecular weight is 463 g/mol. The second-order valence-corrected chi connectivity index (χ2v) is 8.31. The number of ether oxygens (including phenoxy) is 2. The fraction of sp³-hybridized carbons (Fsp3) is 0.160. The summed E-state index contributed by atoms with van der Waals surface area (Å²) >= 11 is 6.27. The van der Waals surface area contributed by atoms with Crippen LogP contribution in [0.5, 0.6) is 11.5 Å². The number of H-pyrrole nitrogens is 1. The number of aromatic nitrogens is 1. The SMILES string of the molecule is NCOc1ccc(C2c3[nH]c4ccc(Cl)cc4c3CCN2C(=O)Oc2ccc(N)cc2)cc1. The van der Waals surface area contributed by atoms with Crippen molar-refractivity contribution in [3.8, 4) is 11.5 Å². The topological polar surface area (TPSA) is 107 Å². The van der Waals surface area contributed by atoms with Crippen molar-refractivity contribution < 1.29 is 14.3 Å². The van der Waals surface area contributed by atoms with Gasteiger partial charge < -0.3 is 20.2 Å². The Morgan fingerprint density at radius 1 is 1.06 bits per heavy atom. The molecule has 0 saturated heterocycles. The molecule has 5 rings (SSSR count). The fourth-order valence-corrected chi connectivity index (χ4v) is 4.51. The maximum Gasteiger partial charge on any atom is 0.416 e. The lowest BCUT2D eigenvalue weighted by Gasteiger charge is -2.35. The standard InChI is InChI=1S/C25H23ClN4O3/c26-16-3-10-22-21(13-16)20-11-12-30(25(31)33-19-8-4-17(28)5-9-19)24(23(20)29-22)15-1-6-18(7-2-15)32-14-27/h1-10,13,24,29H,11-12,14,27-28H2. The molecule has 1 aliphatic heterocycles. The summed E-state index contributed by atoms with van der Waals surface area (Å²) < 4.78 is 11.1. The van der Waals surface area contributed by atoms with Crippen LogP contribution in [0.15, 0.2) is 66.7 Å². The van der Waals surface area contributed by atoms with Crippen molar-refractivity contribution in [2.75, 3.05) is 19.0 Å². The van der Waals surface area contributed by atoms with Gasteiger partial charge in [0.15, 0.2) is 0 Å². The first-order valence-electron chi connectivity index (χ1n) is 10.6.